The lowest BCUT2D eigenvalue weighted by Gasteiger charge is -2.20. The van der Waals surface area contributed by atoms with Crippen LogP contribution in [0.3, 0.4) is 0 Å². The molecule has 1 aromatic rings. The van der Waals surface area contributed by atoms with Gasteiger partial charge in [-0.25, -0.2) is 0 Å². The van der Waals surface area contributed by atoms with Crippen LogP contribution < -0.4 is 11.1 Å². The fraction of sp³-hybridized carbons (Fsp3) is 0.562. The summed E-state index contributed by atoms with van der Waals surface area (Å²) in [6, 6.07) is 6.15. The molecule has 0 fully saturated rings. The summed E-state index contributed by atoms with van der Waals surface area (Å²) in [5.41, 5.74) is 9.60. The Bertz CT molecular complexity index is 420. The van der Waals surface area contributed by atoms with Crippen LogP contribution in [0.15, 0.2) is 18.2 Å². The van der Waals surface area contributed by atoms with Crippen LogP contribution >= 0.6 is 0 Å². The monoisotopic (exact) mass is 262 g/mol. The number of nitrogens with one attached hydrogen (secondary N) is 1. The predicted molar refractivity (Wildman–Crippen MR) is 80.0 cm³/mol. The Morgan fingerprint density at radius 2 is 1.68 bits per heavy atom. The first-order valence-corrected chi connectivity index (χ1v) is 6.92. The second kappa shape index (κ2) is 6.71. The third-order valence-electron chi connectivity index (χ3n) is 3.23. The molecule has 0 saturated carbocycles. The van der Waals surface area contributed by atoms with Crippen LogP contribution in [0.1, 0.15) is 37.5 Å². The van der Waals surface area contributed by atoms with E-state index in [1.807, 2.05) is 20.8 Å². The molecule has 19 heavy (non-hydrogen) atoms. The van der Waals surface area contributed by atoms with Gasteiger partial charge < -0.3 is 11.1 Å². The van der Waals surface area contributed by atoms with E-state index in [4.69, 9.17) is 5.73 Å². The Balaban J connectivity index is 2.60. The van der Waals surface area contributed by atoms with E-state index >= 15 is 0 Å². The molecule has 0 saturated heterocycles. The van der Waals surface area contributed by atoms with Gasteiger partial charge in [-0.05, 0) is 38.7 Å². The Labute approximate surface area is 116 Å². The minimum absolute atomic E-state index is 0.0631. The van der Waals surface area contributed by atoms with E-state index in [1.165, 1.54) is 16.7 Å². The normalized spacial score (nSPS) is 14.3. The molecule has 0 aliphatic carbocycles. The smallest absolute Gasteiger partial charge is 0.237 e. The van der Waals surface area contributed by atoms with Crippen molar-refractivity contribution in [2.45, 2.75) is 53.1 Å². The van der Waals surface area contributed by atoms with E-state index in [9.17, 15) is 4.79 Å². The molecule has 2 atom stereocenters. The zero-order valence-corrected chi connectivity index (χ0v) is 12.7. The number of aryl methyl sites for hydroxylation is 2. The van der Waals surface area contributed by atoms with Gasteiger partial charge in [0, 0.05) is 6.04 Å². The minimum Gasteiger partial charge on any atom is -0.352 e. The molecule has 1 aromatic carbocycles. The average molecular weight is 262 g/mol. The first-order valence-electron chi connectivity index (χ1n) is 6.92. The zero-order chi connectivity index (χ0) is 14.6. The van der Waals surface area contributed by atoms with Gasteiger partial charge in [-0.3, -0.25) is 4.79 Å². The van der Waals surface area contributed by atoms with Crippen LogP contribution in [0, 0.1) is 19.8 Å². The fourth-order valence-electron chi connectivity index (χ4n) is 2.23. The average Bonchev–Trinajstić information content (AvgIpc) is 2.25. The van der Waals surface area contributed by atoms with Crippen LogP contribution in [0.2, 0.25) is 0 Å². The van der Waals surface area contributed by atoms with Gasteiger partial charge >= 0.3 is 0 Å². The van der Waals surface area contributed by atoms with Gasteiger partial charge in [0.15, 0.2) is 0 Å². The molecule has 0 radical (unpaired) electrons. The van der Waals surface area contributed by atoms with E-state index in [2.05, 4.69) is 37.4 Å². The molecule has 3 heteroatoms. The molecule has 0 bridgehead atoms. The molecule has 0 heterocycles. The highest BCUT2D eigenvalue weighted by Gasteiger charge is 2.18. The molecule has 106 valence electrons. The van der Waals surface area contributed by atoms with Crippen molar-refractivity contribution in [3.8, 4) is 0 Å². The highest BCUT2D eigenvalue weighted by molar-refractivity contribution is 5.82. The first kappa shape index (κ1) is 15.7. The predicted octanol–water partition coefficient (Wildman–Crippen LogP) is 2.33. The molecule has 3 N–H and O–H groups in total. The number of hydrogen-bond donors (Lipinski definition) is 2. The lowest BCUT2D eigenvalue weighted by molar-refractivity contribution is -0.123. The molecular weight excluding hydrogens is 236 g/mol. The number of hydrogen-bond acceptors (Lipinski definition) is 2. The molecule has 0 spiro atoms. The lowest BCUT2D eigenvalue weighted by atomic mass is 10.0. The highest BCUT2D eigenvalue weighted by atomic mass is 16.2. The Kier molecular flexibility index (Phi) is 5.55. The quantitative estimate of drug-likeness (QED) is 0.855. The van der Waals surface area contributed by atoms with Crippen LogP contribution in [-0.2, 0) is 11.2 Å². The fourth-order valence-corrected chi connectivity index (χ4v) is 2.23. The van der Waals surface area contributed by atoms with E-state index in [0.29, 0.717) is 0 Å². The summed E-state index contributed by atoms with van der Waals surface area (Å²) in [6.07, 6.45) is 0.832. The number of carbonyl (C=O) groups excluding carboxylic acids is 1. The van der Waals surface area contributed by atoms with E-state index in [0.717, 1.165) is 6.42 Å². The van der Waals surface area contributed by atoms with Crippen LogP contribution in [0.5, 0.6) is 0 Å². The number of rotatable bonds is 5. The van der Waals surface area contributed by atoms with Crippen molar-refractivity contribution in [1.29, 1.82) is 0 Å². The van der Waals surface area contributed by atoms with Gasteiger partial charge in [-0.15, -0.1) is 0 Å². The van der Waals surface area contributed by atoms with Crippen molar-refractivity contribution in [3.63, 3.8) is 0 Å². The van der Waals surface area contributed by atoms with Crippen molar-refractivity contribution in [2.24, 2.45) is 11.7 Å². The van der Waals surface area contributed by atoms with Crippen molar-refractivity contribution in [2.75, 3.05) is 0 Å². The number of carbonyl (C=O) groups is 1. The van der Waals surface area contributed by atoms with Crippen molar-refractivity contribution in [3.05, 3.63) is 34.9 Å². The maximum Gasteiger partial charge on any atom is 0.237 e. The Morgan fingerprint density at radius 1 is 1.16 bits per heavy atom. The van der Waals surface area contributed by atoms with Gasteiger partial charge in [0.2, 0.25) is 5.91 Å². The number of benzene rings is 1. The molecule has 0 aliphatic heterocycles. The molecular formula is C16H26N2O. The topological polar surface area (TPSA) is 55.1 Å². The highest BCUT2D eigenvalue weighted by Crippen LogP contribution is 2.11. The van der Waals surface area contributed by atoms with Crippen molar-refractivity contribution >= 4 is 5.91 Å². The second-order valence-electron chi connectivity index (χ2n) is 5.88. The maximum absolute atomic E-state index is 11.9. The Hall–Kier alpha value is -1.35. The van der Waals surface area contributed by atoms with Gasteiger partial charge in [-0.2, -0.15) is 0 Å². The molecule has 1 rings (SSSR count). The van der Waals surface area contributed by atoms with Crippen LogP contribution in [0.25, 0.3) is 0 Å². The summed E-state index contributed by atoms with van der Waals surface area (Å²) in [6.45, 7) is 10.1. The van der Waals surface area contributed by atoms with Gasteiger partial charge in [0.05, 0.1) is 6.04 Å². The summed E-state index contributed by atoms with van der Waals surface area (Å²) in [5.74, 6) is 0.0975. The summed E-state index contributed by atoms with van der Waals surface area (Å²) in [5, 5.41) is 2.98. The third-order valence-corrected chi connectivity index (χ3v) is 3.23. The Morgan fingerprint density at radius 3 is 2.16 bits per heavy atom. The van der Waals surface area contributed by atoms with Gasteiger partial charge in [-0.1, -0.05) is 43.2 Å². The summed E-state index contributed by atoms with van der Waals surface area (Å²) < 4.78 is 0. The summed E-state index contributed by atoms with van der Waals surface area (Å²) in [7, 11) is 0. The van der Waals surface area contributed by atoms with Crippen molar-refractivity contribution in [1.82, 2.24) is 5.32 Å². The molecule has 3 nitrogen and oxygen atoms in total. The second-order valence-corrected chi connectivity index (χ2v) is 5.88. The number of amides is 1. The minimum atomic E-state index is -0.429. The van der Waals surface area contributed by atoms with E-state index in [1.54, 1.807) is 0 Å². The summed E-state index contributed by atoms with van der Waals surface area (Å²) >= 11 is 0. The summed E-state index contributed by atoms with van der Waals surface area (Å²) in [4.78, 5) is 11.9. The molecule has 0 aliphatic rings. The van der Waals surface area contributed by atoms with Crippen LogP contribution in [-0.4, -0.2) is 18.0 Å². The SMILES string of the molecule is Cc1cc(C)cc(CC(C)NC(=O)[C@@H](N)C(C)C)c1. The van der Waals surface area contributed by atoms with Crippen LogP contribution in [0.4, 0.5) is 0 Å². The molecule has 0 aromatic heterocycles. The maximum atomic E-state index is 11.9. The van der Waals surface area contributed by atoms with Gasteiger partial charge in [0.1, 0.15) is 0 Å². The molecule has 1 amide bonds. The number of nitrogens with two attached hydrogens (primary N) is 1. The standard InChI is InChI=1S/C16H26N2O/c1-10(2)15(17)16(19)18-13(5)9-14-7-11(3)6-12(4)8-14/h6-8,10,13,15H,9,17H2,1-5H3,(H,18,19)/t13?,15-/m0/s1. The van der Waals surface area contributed by atoms with Crippen molar-refractivity contribution < 1.29 is 4.79 Å². The van der Waals surface area contributed by atoms with E-state index in [-0.39, 0.29) is 17.9 Å². The third kappa shape index (κ3) is 5.03. The largest absolute Gasteiger partial charge is 0.352 e. The molecule has 1 unspecified atom stereocenters. The lowest BCUT2D eigenvalue weighted by Crippen LogP contribution is -2.47. The van der Waals surface area contributed by atoms with E-state index < -0.39 is 6.04 Å². The van der Waals surface area contributed by atoms with Gasteiger partial charge in [0.25, 0.3) is 0 Å². The zero-order valence-electron chi connectivity index (χ0n) is 12.7. The first-order chi connectivity index (χ1) is 8.79.